The molecule has 13 aromatic rings. The lowest BCUT2D eigenvalue weighted by molar-refractivity contribution is 0.663. The fourth-order valence-electron chi connectivity index (χ4n) is 10.7. The van der Waals surface area contributed by atoms with Gasteiger partial charge in [0.25, 0.3) is 0 Å². The van der Waals surface area contributed by atoms with Gasteiger partial charge in [-0.25, -0.2) is 0 Å². The van der Waals surface area contributed by atoms with E-state index in [1.54, 1.807) is 0 Å². The first-order valence-electron chi connectivity index (χ1n) is 23.8. The molecule has 68 heavy (non-hydrogen) atoms. The topological polar surface area (TPSA) is 32.8 Å². The van der Waals surface area contributed by atoms with Crippen molar-refractivity contribution in [3.8, 4) is 0 Å². The third kappa shape index (κ3) is 6.36. The molecule has 0 fully saturated rings. The van der Waals surface area contributed by atoms with Gasteiger partial charge in [-0.05, 0) is 116 Å². The van der Waals surface area contributed by atoms with Gasteiger partial charge in [0.2, 0.25) is 0 Å². The van der Waals surface area contributed by atoms with Crippen LogP contribution >= 0.6 is 0 Å². The molecule has 0 N–H and O–H groups in total. The summed E-state index contributed by atoms with van der Waals surface area (Å²) in [7, 11) is 0. The maximum absolute atomic E-state index is 7.24. The van der Waals surface area contributed by atoms with Crippen LogP contribution < -0.4 is 9.80 Å². The van der Waals surface area contributed by atoms with Crippen molar-refractivity contribution in [1.29, 1.82) is 0 Å². The van der Waals surface area contributed by atoms with Gasteiger partial charge >= 0.3 is 0 Å². The van der Waals surface area contributed by atoms with Gasteiger partial charge in [-0.1, -0.05) is 161 Å². The van der Waals surface area contributed by atoms with Crippen molar-refractivity contribution in [2.24, 2.45) is 0 Å². The first-order valence-corrected chi connectivity index (χ1v) is 23.8. The zero-order valence-electron chi connectivity index (χ0n) is 38.5. The van der Waals surface area contributed by atoms with Gasteiger partial charge in [0.1, 0.15) is 22.3 Å². The van der Waals surface area contributed by atoms with E-state index >= 15 is 0 Å². The molecule has 0 aliphatic rings. The number of rotatable bonds is 8. The van der Waals surface area contributed by atoms with E-state index in [1.165, 1.54) is 32.7 Å². The molecule has 4 nitrogen and oxygen atoms in total. The summed E-state index contributed by atoms with van der Waals surface area (Å²) in [6.07, 6.45) is 0. The molecule has 0 saturated heterocycles. The summed E-state index contributed by atoms with van der Waals surface area (Å²) in [4.78, 5) is 4.74. The monoisotopic (exact) mass is 876 g/mol. The highest BCUT2D eigenvalue weighted by Crippen LogP contribution is 2.50. The number of para-hydroxylation sites is 2. The Kier molecular flexibility index (Phi) is 9.20. The molecular weight excluding hydrogens is 829 g/mol. The lowest BCUT2D eigenvalue weighted by Gasteiger charge is -2.27. The van der Waals surface area contributed by atoms with Crippen molar-refractivity contribution in [3.63, 3.8) is 0 Å². The van der Waals surface area contributed by atoms with E-state index in [1.807, 2.05) is 0 Å². The van der Waals surface area contributed by atoms with E-state index in [9.17, 15) is 0 Å². The van der Waals surface area contributed by atoms with Gasteiger partial charge in [0.15, 0.2) is 0 Å². The Hall–Kier alpha value is -8.34. The maximum atomic E-state index is 7.24. The summed E-state index contributed by atoms with van der Waals surface area (Å²) in [5.41, 5.74) is 12.3. The molecule has 0 aliphatic heterocycles. The minimum Gasteiger partial charge on any atom is -0.456 e. The second-order valence-corrected chi connectivity index (χ2v) is 18.9. The molecule has 2 heterocycles. The first-order chi connectivity index (χ1) is 33.4. The van der Waals surface area contributed by atoms with E-state index in [-0.39, 0.29) is 0 Å². The predicted molar refractivity (Wildman–Crippen MR) is 289 cm³/mol. The van der Waals surface area contributed by atoms with Crippen LogP contribution in [0.4, 0.5) is 34.1 Å². The average Bonchev–Trinajstić information content (AvgIpc) is 3.95. The van der Waals surface area contributed by atoms with Crippen LogP contribution in [-0.4, -0.2) is 0 Å². The first kappa shape index (κ1) is 40.0. The minimum atomic E-state index is 0.462. The van der Waals surface area contributed by atoms with E-state index in [2.05, 4.69) is 244 Å². The molecule has 0 aliphatic carbocycles. The smallest absolute Gasteiger partial charge is 0.147 e. The maximum Gasteiger partial charge on any atom is 0.147 e. The Bertz CT molecular complexity index is 4110. The van der Waals surface area contributed by atoms with Crippen molar-refractivity contribution in [2.75, 3.05) is 9.80 Å². The van der Waals surface area contributed by atoms with Gasteiger partial charge in [0.05, 0.1) is 16.8 Å². The third-order valence-electron chi connectivity index (χ3n) is 14.1. The second kappa shape index (κ2) is 15.6. The van der Waals surface area contributed by atoms with Gasteiger partial charge in [-0.2, -0.15) is 0 Å². The zero-order chi connectivity index (χ0) is 45.6. The number of anilines is 6. The molecule has 13 rings (SSSR count). The molecule has 326 valence electrons. The zero-order valence-corrected chi connectivity index (χ0v) is 38.5. The molecular formula is C64H48N2O2. The Morgan fingerprint density at radius 3 is 1.26 bits per heavy atom. The summed E-state index contributed by atoms with van der Waals surface area (Å²) in [6, 6.07) is 74.9. The van der Waals surface area contributed by atoms with E-state index in [0.717, 1.165) is 99.5 Å². The Balaban J connectivity index is 1.03. The number of furan rings is 2. The summed E-state index contributed by atoms with van der Waals surface area (Å²) in [5, 5.41) is 13.6. The lowest BCUT2D eigenvalue weighted by Crippen LogP contribution is -2.10. The number of benzene rings is 11. The van der Waals surface area contributed by atoms with Crippen LogP contribution in [0, 0.1) is 0 Å². The summed E-state index contributed by atoms with van der Waals surface area (Å²) >= 11 is 0. The molecule has 0 radical (unpaired) electrons. The quantitative estimate of drug-likeness (QED) is 0.152. The van der Waals surface area contributed by atoms with E-state index in [4.69, 9.17) is 8.83 Å². The van der Waals surface area contributed by atoms with Crippen LogP contribution in [0.5, 0.6) is 0 Å². The Morgan fingerprint density at radius 1 is 0.309 bits per heavy atom. The number of nitrogens with zero attached hydrogens (tertiary/aromatic N) is 2. The Morgan fingerprint density at radius 2 is 0.750 bits per heavy atom. The Labute approximate surface area is 394 Å². The molecule has 4 heteroatoms. The molecule has 0 unspecified atom stereocenters. The van der Waals surface area contributed by atoms with Crippen LogP contribution in [0.3, 0.4) is 0 Å². The number of hydrogen-bond acceptors (Lipinski definition) is 4. The van der Waals surface area contributed by atoms with Crippen LogP contribution in [0.2, 0.25) is 0 Å². The van der Waals surface area contributed by atoms with Crippen molar-refractivity contribution in [3.05, 3.63) is 217 Å². The fraction of sp³-hybridized carbons (Fsp3) is 0.0938. The highest BCUT2D eigenvalue weighted by atomic mass is 16.3. The molecule has 11 aromatic carbocycles. The largest absolute Gasteiger partial charge is 0.456 e. The highest BCUT2D eigenvalue weighted by Gasteiger charge is 2.25. The van der Waals surface area contributed by atoms with Crippen molar-refractivity contribution >= 4 is 121 Å². The van der Waals surface area contributed by atoms with Crippen molar-refractivity contribution in [1.82, 2.24) is 0 Å². The van der Waals surface area contributed by atoms with Gasteiger partial charge in [-0.3, -0.25) is 0 Å². The second-order valence-electron chi connectivity index (χ2n) is 18.9. The molecule has 0 spiro atoms. The SMILES string of the molecule is CC(C)c1ccc2cc(N(c3ccccc3)c3cc4oc5c(ccc6oc7cc(N(c8ccccc8)c8ccc9cc(C(C)C)ccc9c8)c8ccccc8c7c65)c4c4ccccc34)ccc2c1. The molecule has 0 bridgehead atoms. The standard InChI is InChI=1S/C64H48N2O2/c1-39(2)41-23-25-45-35-49(29-27-43(45)33-41)65(47-15-7-5-8-16-47)56-37-59-61(53-21-13-11-19-51(53)56)55-31-32-58-63(64(55)68-59)62-54-22-14-12-20-52(54)57(38-60(62)67-58)66(48-17-9-6-10-18-48)50-30-28-44-34-42(40(3)4)24-26-46(44)36-50/h5-40H,1-4H3. The summed E-state index contributed by atoms with van der Waals surface area (Å²) in [5.74, 6) is 0.924. The van der Waals surface area contributed by atoms with Crippen molar-refractivity contribution < 1.29 is 8.83 Å². The normalized spacial score (nSPS) is 12.1. The van der Waals surface area contributed by atoms with Gasteiger partial charge < -0.3 is 18.6 Å². The van der Waals surface area contributed by atoms with Gasteiger partial charge in [0, 0.05) is 61.8 Å². The van der Waals surface area contributed by atoms with Crippen LogP contribution in [0.15, 0.2) is 215 Å². The van der Waals surface area contributed by atoms with Crippen LogP contribution in [0.1, 0.15) is 50.7 Å². The number of hydrogen-bond donors (Lipinski definition) is 0. The van der Waals surface area contributed by atoms with E-state index in [0.29, 0.717) is 11.8 Å². The van der Waals surface area contributed by atoms with Crippen LogP contribution in [-0.2, 0) is 0 Å². The number of fused-ring (bicyclic) bond motifs is 13. The molecule has 2 aromatic heterocycles. The minimum absolute atomic E-state index is 0.462. The summed E-state index contributed by atoms with van der Waals surface area (Å²) in [6.45, 7) is 9.00. The summed E-state index contributed by atoms with van der Waals surface area (Å²) < 4.78 is 14.2. The van der Waals surface area contributed by atoms with Crippen molar-refractivity contribution in [2.45, 2.75) is 39.5 Å². The third-order valence-corrected chi connectivity index (χ3v) is 14.1. The molecule has 0 saturated carbocycles. The fourth-order valence-corrected chi connectivity index (χ4v) is 10.7. The molecule has 0 amide bonds. The molecule has 0 atom stereocenters. The van der Waals surface area contributed by atoms with E-state index < -0.39 is 0 Å². The predicted octanol–water partition coefficient (Wildman–Crippen LogP) is 19.3. The average molecular weight is 877 g/mol. The van der Waals surface area contributed by atoms with Gasteiger partial charge in [-0.15, -0.1) is 0 Å². The van der Waals surface area contributed by atoms with Crippen LogP contribution in [0.25, 0.3) is 87.0 Å². The highest BCUT2D eigenvalue weighted by molar-refractivity contribution is 6.32. The lowest BCUT2D eigenvalue weighted by atomic mass is 9.97.